The van der Waals surface area contributed by atoms with Crippen LogP contribution in [0.25, 0.3) is 11.1 Å². The molecule has 4 rings (SSSR count). The summed E-state index contributed by atoms with van der Waals surface area (Å²) in [5.74, 6) is 1.30. The van der Waals surface area contributed by atoms with E-state index in [9.17, 15) is 10.2 Å². The molecule has 6 heteroatoms. The van der Waals surface area contributed by atoms with E-state index in [1.807, 2.05) is 60.7 Å². The van der Waals surface area contributed by atoms with Crippen molar-refractivity contribution in [3.63, 3.8) is 0 Å². The normalized spacial score (nSPS) is 10.7. The highest BCUT2D eigenvalue weighted by Crippen LogP contribution is 2.47. The highest BCUT2D eigenvalue weighted by atomic mass is 32.2. The lowest BCUT2D eigenvalue weighted by Gasteiger charge is -2.16. The molecule has 0 aliphatic carbocycles. The monoisotopic (exact) mass is 462 g/mol. The average molecular weight is 463 g/mol. The lowest BCUT2D eigenvalue weighted by molar-refractivity contribution is 0.400. The molecule has 0 saturated carbocycles. The Hall–Kier alpha value is -3.22. The van der Waals surface area contributed by atoms with E-state index >= 15 is 0 Å². The lowest BCUT2D eigenvalue weighted by Crippen LogP contribution is -1.92. The van der Waals surface area contributed by atoms with Crippen LogP contribution in [0.15, 0.2) is 105 Å². The van der Waals surface area contributed by atoms with Crippen molar-refractivity contribution in [1.29, 1.82) is 0 Å². The third-order valence-corrected chi connectivity index (χ3v) is 6.89. The molecule has 32 heavy (non-hydrogen) atoms. The Morgan fingerprint density at radius 3 is 1.28 bits per heavy atom. The predicted octanol–water partition coefficient (Wildman–Crippen LogP) is 7.08. The number of hydrogen-bond acceptors (Lipinski definition) is 6. The standard InChI is InChI=1S/C26H22O4S2/c1-29-23-13-19(21(27)15-25(23)31-17-9-5-3-6-10-17)20-14-24(30-2)26(16-22(20)28)32-18-11-7-4-8-12-18/h3-16,27-28H,1-2H3. The number of phenolic OH excluding ortho intramolecular Hbond substituents is 2. The summed E-state index contributed by atoms with van der Waals surface area (Å²) >= 11 is 2.99. The SMILES string of the molecule is COc1cc(-c2cc(OC)c(Sc3ccccc3)cc2O)c(O)cc1Sc1ccccc1. The van der Waals surface area contributed by atoms with Gasteiger partial charge in [0, 0.05) is 20.9 Å². The second-order valence-corrected chi connectivity index (χ2v) is 9.10. The Balaban J connectivity index is 1.72. The highest BCUT2D eigenvalue weighted by Gasteiger charge is 2.18. The van der Waals surface area contributed by atoms with E-state index < -0.39 is 0 Å². The molecule has 0 unspecified atom stereocenters. The van der Waals surface area contributed by atoms with Crippen molar-refractivity contribution in [2.75, 3.05) is 14.2 Å². The van der Waals surface area contributed by atoms with Gasteiger partial charge in [0.25, 0.3) is 0 Å². The van der Waals surface area contributed by atoms with Gasteiger partial charge in [0.05, 0.1) is 24.0 Å². The van der Waals surface area contributed by atoms with Crippen LogP contribution in [0, 0.1) is 0 Å². The molecule has 0 heterocycles. The zero-order chi connectivity index (χ0) is 22.5. The largest absolute Gasteiger partial charge is 0.507 e. The second kappa shape index (κ2) is 9.94. The predicted molar refractivity (Wildman–Crippen MR) is 129 cm³/mol. The Kier molecular flexibility index (Phi) is 6.83. The van der Waals surface area contributed by atoms with Gasteiger partial charge in [0.2, 0.25) is 0 Å². The van der Waals surface area contributed by atoms with E-state index in [0.29, 0.717) is 22.6 Å². The number of ether oxygens (including phenoxy) is 2. The first-order valence-electron chi connectivity index (χ1n) is 9.87. The van der Waals surface area contributed by atoms with Gasteiger partial charge in [-0.15, -0.1) is 0 Å². The number of benzene rings is 4. The molecular formula is C26H22O4S2. The zero-order valence-corrected chi connectivity index (χ0v) is 19.2. The molecule has 162 valence electrons. The van der Waals surface area contributed by atoms with Crippen LogP contribution in [0.3, 0.4) is 0 Å². The molecular weight excluding hydrogens is 440 g/mol. The molecule has 0 spiro atoms. The molecule has 4 aromatic carbocycles. The minimum Gasteiger partial charge on any atom is -0.507 e. The van der Waals surface area contributed by atoms with Crippen LogP contribution >= 0.6 is 23.5 Å². The van der Waals surface area contributed by atoms with Crippen molar-refractivity contribution in [1.82, 2.24) is 0 Å². The number of methoxy groups -OCH3 is 2. The third-order valence-electron chi connectivity index (χ3n) is 4.80. The summed E-state index contributed by atoms with van der Waals surface area (Å²) in [5.41, 5.74) is 0.928. The molecule has 4 nitrogen and oxygen atoms in total. The van der Waals surface area contributed by atoms with Crippen molar-refractivity contribution in [3.8, 4) is 34.1 Å². The first-order chi connectivity index (χ1) is 15.6. The Morgan fingerprint density at radius 1 is 0.562 bits per heavy atom. The first kappa shape index (κ1) is 22.0. The fourth-order valence-corrected chi connectivity index (χ4v) is 5.16. The van der Waals surface area contributed by atoms with Crippen LogP contribution in [0.1, 0.15) is 0 Å². The molecule has 0 atom stereocenters. The van der Waals surface area contributed by atoms with Crippen molar-refractivity contribution in [2.45, 2.75) is 19.6 Å². The molecule has 0 saturated heterocycles. The summed E-state index contributed by atoms with van der Waals surface area (Å²) in [5, 5.41) is 21.6. The summed E-state index contributed by atoms with van der Waals surface area (Å²) in [4.78, 5) is 3.62. The van der Waals surface area contributed by atoms with E-state index in [-0.39, 0.29) is 11.5 Å². The first-order valence-corrected chi connectivity index (χ1v) is 11.5. The molecule has 0 aliphatic heterocycles. The minimum absolute atomic E-state index is 0.0463. The second-order valence-electron chi connectivity index (χ2n) is 6.87. The lowest BCUT2D eigenvalue weighted by atomic mass is 10.0. The van der Waals surface area contributed by atoms with Gasteiger partial charge in [0.15, 0.2) is 0 Å². The van der Waals surface area contributed by atoms with Gasteiger partial charge in [-0.1, -0.05) is 59.9 Å². The van der Waals surface area contributed by atoms with Crippen molar-refractivity contribution in [3.05, 3.63) is 84.9 Å². The maximum Gasteiger partial charge on any atom is 0.133 e. The Morgan fingerprint density at radius 2 is 0.938 bits per heavy atom. The van der Waals surface area contributed by atoms with Crippen LogP contribution in [0.5, 0.6) is 23.0 Å². The zero-order valence-electron chi connectivity index (χ0n) is 17.6. The van der Waals surface area contributed by atoms with Gasteiger partial charge in [-0.05, 0) is 48.5 Å². The smallest absolute Gasteiger partial charge is 0.133 e. The van der Waals surface area contributed by atoms with Crippen molar-refractivity contribution in [2.24, 2.45) is 0 Å². The van der Waals surface area contributed by atoms with E-state index in [1.165, 1.54) is 23.5 Å². The van der Waals surface area contributed by atoms with Gasteiger partial charge in [0.1, 0.15) is 23.0 Å². The van der Waals surface area contributed by atoms with Crippen LogP contribution < -0.4 is 9.47 Å². The third kappa shape index (κ3) is 4.82. The van der Waals surface area contributed by atoms with E-state index in [0.717, 1.165) is 19.6 Å². The van der Waals surface area contributed by atoms with E-state index in [4.69, 9.17) is 9.47 Å². The highest BCUT2D eigenvalue weighted by molar-refractivity contribution is 7.99. The van der Waals surface area contributed by atoms with E-state index in [2.05, 4.69) is 0 Å². The molecule has 0 fully saturated rings. The molecule has 0 amide bonds. The molecule has 0 radical (unpaired) electrons. The maximum absolute atomic E-state index is 10.8. The average Bonchev–Trinajstić information content (AvgIpc) is 2.81. The van der Waals surface area contributed by atoms with Crippen molar-refractivity contribution >= 4 is 23.5 Å². The van der Waals surface area contributed by atoms with Crippen LogP contribution in [-0.2, 0) is 0 Å². The summed E-state index contributed by atoms with van der Waals surface area (Å²) in [7, 11) is 3.18. The summed E-state index contributed by atoms with van der Waals surface area (Å²) in [6, 6.07) is 26.5. The topological polar surface area (TPSA) is 58.9 Å². The van der Waals surface area contributed by atoms with Crippen molar-refractivity contribution < 1.29 is 19.7 Å². The minimum atomic E-state index is 0.0463. The maximum atomic E-state index is 10.8. The number of rotatable bonds is 7. The summed E-state index contributed by atoms with van der Waals surface area (Å²) < 4.78 is 11.2. The summed E-state index contributed by atoms with van der Waals surface area (Å²) in [6.45, 7) is 0. The molecule has 4 aromatic rings. The molecule has 0 aromatic heterocycles. The van der Waals surface area contributed by atoms with E-state index in [1.54, 1.807) is 38.5 Å². The number of hydrogen-bond donors (Lipinski definition) is 2. The number of aromatic hydroxyl groups is 2. The van der Waals surface area contributed by atoms with Gasteiger partial charge < -0.3 is 19.7 Å². The van der Waals surface area contributed by atoms with Gasteiger partial charge in [-0.25, -0.2) is 0 Å². The van der Waals surface area contributed by atoms with Crippen LogP contribution in [0.4, 0.5) is 0 Å². The quantitative estimate of drug-likeness (QED) is 0.306. The fourth-order valence-electron chi connectivity index (χ4n) is 3.24. The number of phenols is 2. The molecule has 0 aliphatic rings. The Bertz CT molecular complexity index is 1110. The summed E-state index contributed by atoms with van der Waals surface area (Å²) in [6.07, 6.45) is 0. The Labute approximate surface area is 195 Å². The molecule has 0 bridgehead atoms. The van der Waals surface area contributed by atoms with Gasteiger partial charge in [-0.2, -0.15) is 0 Å². The van der Waals surface area contributed by atoms with Gasteiger partial charge >= 0.3 is 0 Å². The van der Waals surface area contributed by atoms with Crippen LogP contribution in [0.2, 0.25) is 0 Å². The fraction of sp³-hybridized carbons (Fsp3) is 0.0769. The van der Waals surface area contributed by atoms with Crippen LogP contribution in [-0.4, -0.2) is 24.4 Å². The van der Waals surface area contributed by atoms with Gasteiger partial charge in [-0.3, -0.25) is 0 Å². The molecule has 2 N–H and O–H groups in total.